The monoisotopic (exact) mass is 412 g/mol. The van der Waals surface area contributed by atoms with Gasteiger partial charge in [-0.05, 0) is 60.6 Å². The highest BCUT2D eigenvalue weighted by molar-refractivity contribution is 6.17. The number of nitrogens with one attached hydrogen (secondary N) is 2. The number of benzene rings is 2. The molecule has 2 N–H and O–H groups in total. The minimum atomic E-state index is 0.524. The molecule has 1 saturated carbocycles. The standard InChI is InChI=1S/C25H21ClN4/c26-15-18-4-8-19(9-5-18)20-10-12-21(27-16-20)11-6-17-7-13-23-24(14-17)30-25(29-23)28-22-2-1-3-22/h4-5,7-10,12-14,16,22H,1-3,15H2,(H2,28,29,30). The van der Waals surface area contributed by atoms with E-state index in [0.717, 1.165) is 44.9 Å². The minimum Gasteiger partial charge on any atom is -0.353 e. The molecule has 0 unspecified atom stereocenters. The molecule has 0 radical (unpaired) electrons. The topological polar surface area (TPSA) is 53.6 Å². The van der Waals surface area contributed by atoms with Gasteiger partial charge in [-0.2, -0.15) is 0 Å². The molecule has 30 heavy (non-hydrogen) atoms. The minimum absolute atomic E-state index is 0.524. The molecule has 0 aliphatic heterocycles. The summed E-state index contributed by atoms with van der Waals surface area (Å²) in [6.45, 7) is 0. The van der Waals surface area contributed by atoms with E-state index in [4.69, 9.17) is 11.6 Å². The Balaban J connectivity index is 1.31. The zero-order valence-electron chi connectivity index (χ0n) is 16.5. The van der Waals surface area contributed by atoms with Crippen molar-refractivity contribution in [3.8, 4) is 23.0 Å². The van der Waals surface area contributed by atoms with Gasteiger partial charge in [-0.15, -0.1) is 11.6 Å². The summed E-state index contributed by atoms with van der Waals surface area (Å²) in [6.07, 6.45) is 5.60. The van der Waals surface area contributed by atoms with E-state index >= 15 is 0 Å². The van der Waals surface area contributed by atoms with Gasteiger partial charge < -0.3 is 10.3 Å². The van der Waals surface area contributed by atoms with E-state index in [1.54, 1.807) is 0 Å². The van der Waals surface area contributed by atoms with E-state index in [-0.39, 0.29) is 0 Å². The summed E-state index contributed by atoms with van der Waals surface area (Å²) >= 11 is 5.86. The van der Waals surface area contributed by atoms with E-state index in [1.165, 1.54) is 19.3 Å². The summed E-state index contributed by atoms with van der Waals surface area (Å²) in [7, 11) is 0. The van der Waals surface area contributed by atoms with Gasteiger partial charge in [0, 0.05) is 29.2 Å². The van der Waals surface area contributed by atoms with Crippen LogP contribution in [0.3, 0.4) is 0 Å². The highest BCUT2D eigenvalue weighted by Crippen LogP contribution is 2.24. The molecule has 1 fully saturated rings. The Morgan fingerprint density at radius 3 is 2.53 bits per heavy atom. The highest BCUT2D eigenvalue weighted by atomic mass is 35.5. The van der Waals surface area contributed by atoms with Crippen molar-refractivity contribution in [2.75, 3.05) is 5.32 Å². The number of halogens is 1. The van der Waals surface area contributed by atoms with Crippen molar-refractivity contribution in [1.29, 1.82) is 0 Å². The number of anilines is 1. The summed E-state index contributed by atoms with van der Waals surface area (Å²) in [6, 6.07) is 18.8. The largest absolute Gasteiger partial charge is 0.353 e. The van der Waals surface area contributed by atoms with Gasteiger partial charge in [0.25, 0.3) is 0 Å². The van der Waals surface area contributed by atoms with Gasteiger partial charge in [0.05, 0.1) is 11.0 Å². The third-order valence-electron chi connectivity index (χ3n) is 5.47. The highest BCUT2D eigenvalue weighted by Gasteiger charge is 2.18. The van der Waals surface area contributed by atoms with Crippen molar-refractivity contribution in [3.63, 3.8) is 0 Å². The fraction of sp³-hybridized carbons (Fsp3) is 0.200. The predicted molar refractivity (Wildman–Crippen MR) is 123 cm³/mol. The van der Waals surface area contributed by atoms with Crippen LogP contribution in [0.4, 0.5) is 5.95 Å². The van der Waals surface area contributed by atoms with Crippen molar-refractivity contribution in [1.82, 2.24) is 15.0 Å². The van der Waals surface area contributed by atoms with Crippen molar-refractivity contribution in [3.05, 3.63) is 77.6 Å². The van der Waals surface area contributed by atoms with Crippen LogP contribution in [0.25, 0.3) is 22.2 Å². The number of nitrogens with zero attached hydrogens (tertiary/aromatic N) is 2. The average molecular weight is 413 g/mol. The number of hydrogen-bond donors (Lipinski definition) is 2. The van der Waals surface area contributed by atoms with Crippen molar-refractivity contribution in [2.45, 2.75) is 31.2 Å². The molecule has 5 rings (SSSR count). The maximum absolute atomic E-state index is 5.86. The van der Waals surface area contributed by atoms with E-state index in [0.29, 0.717) is 11.9 Å². The number of aromatic nitrogens is 3. The Labute approximate surface area is 180 Å². The van der Waals surface area contributed by atoms with Gasteiger partial charge in [-0.1, -0.05) is 36.3 Å². The van der Waals surface area contributed by atoms with Crippen LogP contribution in [0.15, 0.2) is 60.8 Å². The van der Waals surface area contributed by atoms with E-state index < -0.39 is 0 Å². The molecule has 1 aliphatic carbocycles. The van der Waals surface area contributed by atoms with Crippen LogP contribution in [-0.4, -0.2) is 21.0 Å². The number of rotatable bonds is 4. The lowest BCUT2D eigenvalue weighted by molar-refractivity contribution is 0.443. The lowest BCUT2D eigenvalue weighted by Gasteiger charge is -2.25. The van der Waals surface area contributed by atoms with Crippen LogP contribution in [-0.2, 0) is 5.88 Å². The van der Waals surface area contributed by atoms with Crippen LogP contribution < -0.4 is 5.32 Å². The van der Waals surface area contributed by atoms with Gasteiger partial charge in [0.15, 0.2) is 0 Å². The average Bonchev–Trinajstić information content (AvgIpc) is 3.17. The van der Waals surface area contributed by atoms with Crippen LogP contribution in [0.5, 0.6) is 0 Å². The van der Waals surface area contributed by atoms with Crippen molar-refractivity contribution >= 4 is 28.6 Å². The molecule has 0 spiro atoms. The normalized spacial score (nSPS) is 13.5. The van der Waals surface area contributed by atoms with Crippen LogP contribution in [0.1, 0.15) is 36.1 Å². The predicted octanol–water partition coefficient (Wildman–Crippen LogP) is 5.73. The molecular weight excluding hydrogens is 392 g/mol. The maximum Gasteiger partial charge on any atom is 0.201 e. The Morgan fingerprint density at radius 1 is 1.00 bits per heavy atom. The molecule has 4 nitrogen and oxygen atoms in total. The third kappa shape index (κ3) is 4.03. The van der Waals surface area contributed by atoms with Crippen LogP contribution in [0, 0.1) is 11.8 Å². The van der Waals surface area contributed by atoms with E-state index in [2.05, 4.69) is 44.2 Å². The van der Waals surface area contributed by atoms with E-state index in [1.807, 2.05) is 48.7 Å². The Hall–Kier alpha value is -3.29. The maximum atomic E-state index is 5.86. The Bertz CT molecular complexity index is 1230. The van der Waals surface area contributed by atoms with Gasteiger partial charge in [0.1, 0.15) is 5.69 Å². The number of pyridine rings is 1. The van der Waals surface area contributed by atoms with Crippen LogP contribution >= 0.6 is 11.6 Å². The first kappa shape index (κ1) is 18.7. The molecule has 2 heterocycles. The van der Waals surface area contributed by atoms with Crippen molar-refractivity contribution in [2.24, 2.45) is 0 Å². The number of H-pyrrole nitrogens is 1. The van der Waals surface area contributed by atoms with Gasteiger partial charge in [-0.25, -0.2) is 9.97 Å². The first-order valence-corrected chi connectivity index (χ1v) is 10.7. The summed E-state index contributed by atoms with van der Waals surface area (Å²) in [4.78, 5) is 12.5. The van der Waals surface area contributed by atoms with Gasteiger partial charge in [-0.3, -0.25) is 0 Å². The molecule has 4 aromatic rings. The lowest BCUT2D eigenvalue weighted by Crippen LogP contribution is -2.27. The Morgan fingerprint density at radius 2 is 1.83 bits per heavy atom. The van der Waals surface area contributed by atoms with Gasteiger partial charge >= 0.3 is 0 Å². The molecular formula is C25H21ClN4. The van der Waals surface area contributed by atoms with Crippen molar-refractivity contribution < 1.29 is 0 Å². The summed E-state index contributed by atoms with van der Waals surface area (Å²) in [5.74, 6) is 7.72. The number of alkyl halides is 1. The summed E-state index contributed by atoms with van der Waals surface area (Å²) in [5, 5.41) is 3.45. The van der Waals surface area contributed by atoms with E-state index in [9.17, 15) is 0 Å². The first-order valence-electron chi connectivity index (χ1n) is 10.2. The molecule has 2 aromatic carbocycles. The molecule has 148 valence electrons. The number of hydrogen-bond acceptors (Lipinski definition) is 3. The number of fused-ring (bicyclic) bond motifs is 1. The SMILES string of the molecule is ClCc1ccc(-c2ccc(C#Cc3ccc4nc(NC5CCC5)[nH]c4c3)nc2)cc1. The molecule has 5 heteroatoms. The second-order valence-electron chi connectivity index (χ2n) is 7.60. The summed E-state index contributed by atoms with van der Waals surface area (Å²) in [5.41, 5.74) is 6.91. The zero-order chi connectivity index (χ0) is 20.3. The molecule has 0 amide bonds. The smallest absolute Gasteiger partial charge is 0.201 e. The van der Waals surface area contributed by atoms with Crippen LogP contribution in [0.2, 0.25) is 0 Å². The lowest BCUT2D eigenvalue weighted by atomic mass is 9.93. The molecule has 2 aromatic heterocycles. The fourth-order valence-electron chi connectivity index (χ4n) is 3.46. The second kappa shape index (κ2) is 8.22. The fourth-order valence-corrected chi connectivity index (χ4v) is 3.64. The molecule has 0 atom stereocenters. The van der Waals surface area contributed by atoms with Gasteiger partial charge in [0.2, 0.25) is 5.95 Å². The molecule has 1 aliphatic rings. The molecule has 0 saturated heterocycles. The number of imidazole rings is 1. The third-order valence-corrected chi connectivity index (χ3v) is 5.78. The summed E-state index contributed by atoms with van der Waals surface area (Å²) < 4.78 is 0. The second-order valence-corrected chi connectivity index (χ2v) is 7.87. The number of aromatic amines is 1. The quantitative estimate of drug-likeness (QED) is 0.332. The zero-order valence-corrected chi connectivity index (χ0v) is 17.2. The first-order chi connectivity index (χ1) is 14.8. The molecule has 0 bridgehead atoms. The Kier molecular flexibility index (Phi) is 5.13.